The summed E-state index contributed by atoms with van der Waals surface area (Å²) >= 11 is 0. The zero-order chi connectivity index (χ0) is 7.84. The molecule has 1 radical (unpaired) electrons. The largest absolute Gasteiger partial charge is 0.288 e. The molecule has 2 amide bonds. The Hall–Kier alpha value is -1.02. The van der Waals surface area contributed by atoms with Gasteiger partial charge in [0.15, 0.2) is 0 Å². The van der Waals surface area contributed by atoms with Gasteiger partial charge in [-0.1, -0.05) is 12.1 Å². The van der Waals surface area contributed by atoms with Crippen LogP contribution in [-0.2, 0) is 19.5 Å². The molecular weight excluding hydrogens is 245 g/mol. The summed E-state index contributed by atoms with van der Waals surface area (Å²) in [5, 5.41) is 2.20. The van der Waals surface area contributed by atoms with Crippen molar-refractivity contribution in [3.8, 4) is 0 Å². The first kappa shape index (κ1) is 9.07. The second-order valence-electron chi connectivity index (χ2n) is 2.33. The van der Waals surface area contributed by atoms with E-state index in [1.54, 1.807) is 24.3 Å². The number of imide groups is 1. The molecule has 1 N–H and O–H groups in total. The number of carbonyl (C=O) groups excluding carboxylic acids is 2. The van der Waals surface area contributed by atoms with E-state index in [0.29, 0.717) is 11.1 Å². The smallest absolute Gasteiger partial charge is 0.258 e. The summed E-state index contributed by atoms with van der Waals surface area (Å²) in [6.07, 6.45) is 0. The zero-order valence-corrected chi connectivity index (χ0v) is 7.60. The number of benzene rings is 1. The average molecular weight is 250 g/mol. The van der Waals surface area contributed by atoms with E-state index in [0.717, 1.165) is 0 Å². The van der Waals surface area contributed by atoms with Crippen LogP contribution in [0.2, 0.25) is 0 Å². The molecule has 1 aliphatic rings. The quantitative estimate of drug-likeness (QED) is 0.540. The molecule has 1 aliphatic heterocycles. The second kappa shape index (κ2) is 3.15. The number of amides is 2. The molecule has 0 atom stereocenters. The molecule has 1 heterocycles. The van der Waals surface area contributed by atoms with Crippen molar-refractivity contribution < 1.29 is 29.1 Å². The van der Waals surface area contributed by atoms with E-state index in [1.165, 1.54) is 0 Å². The zero-order valence-electron chi connectivity index (χ0n) is 5.96. The third-order valence-corrected chi connectivity index (χ3v) is 1.64. The van der Waals surface area contributed by atoms with Crippen molar-refractivity contribution in [3.05, 3.63) is 35.4 Å². The van der Waals surface area contributed by atoms with Gasteiger partial charge in [0, 0.05) is 19.5 Å². The van der Waals surface area contributed by atoms with Crippen LogP contribution in [0.4, 0.5) is 0 Å². The number of fused-ring (bicyclic) bond motifs is 1. The molecular formula is C8H5NO2Rh. The van der Waals surface area contributed by atoms with Crippen LogP contribution in [0.1, 0.15) is 20.7 Å². The van der Waals surface area contributed by atoms with Gasteiger partial charge in [-0.3, -0.25) is 14.9 Å². The molecule has 1 aromatic rings. The summed E-state index contributed by atoms with van der Waals surface area (Å²) < 4.78 is 0. The molecule has 0 saturated heterocycles. The maximum atomic E-state index is 10.9. The van der Waals surface area contributed by atoms with E-state index >= 15 is 0 Å². The summed E-state index contributed by atoms with van der Waals surface area (Å²) in [5.74, 6) is -0.601. The molecule has 0 saturated carbocycles. The average Bonchev–Trinajstić information content (AvgIpc) is 2.30. The maximum Gasteiger partial charge on any atom is 0.258 e. The first-order valence-electron chi connectivity index (χ1n) is 3.24. The minimum absolute atomic E-state index is 0. The molecule has 0 aromatic heterocycles. The first-order valence-corrected chi connectivity index (χ1v) is 3.24. The fourth-order valence-electron chi connectivity index (χ4n) is 1.12. The van der Waals surface area contributed by atoms with Crippen molar-refractivity contribution >= 4 is 11.8 Å². The fourth-order valence-corrected chi connectivity index (χ4v) is 1.12. The normalized spacial score (nSPS) is 13.3. The third kappa shape index (κ3) is 1.18. The molecule has 0 unspecified atom stereocenters. The van der Waals surface area contributed by atoms with Crippen LogP contribution >= 0.6 is 0 Å². The first-order chi connectivity index (χ1) is 5.29. The summed E-state index contributed by atoms with van der Waals surface area (Å²) in [5.41, 5.74) is 0.940. The topological polar surface area (TPSA) is 46.2 Å². The summed E-state index contributed by atoms with van der Waals surface area (Å²) in [6, 6.07) is 6.74. The Balaban J connectivity index is 0.000000720. The van der Waals surface area contributed by atoms with Crippen LogP contribution < -0.4 is 5.32 Å². The van der Waals surface area contributed by atoms with Crippen LogP contribution in [0.3, 0.4) is 0 Å². The van der Waals surface area contributed by atoms with Gasteiger partial charge in [-0.25, -0.2) is 0 Å². The van der Waals surface area contributed by atoms with E-state index < -0.39 is 0 Å². The molecule has 0 aliphatic carbocycles. The van der Waals surface area contributed by atoms with Gasteiger partial charge in [0.1, 0.15) is 0 Å². The van der Waals surface area contributed by atoms with Crippen molar-refractivity contribution in [3.63, 3.8) is 0 Å². The number of nitrogens with one attached hydrogen (secondary N) is 1. The fraction of sp³-hybridized carbons (Fsp3) is 0. The molecule has 3 nitrogen and oxygen atoms in total. The van der Waals surface area contributed by atoms with Crippen LogP contribution in [0.25, 0.3) is 0 Å². The van der Waals surface area contributed by atoms with E-state index in [-0.39, 0.29) is 31.3 Å². The van der Waals surface area contributed by atoms with Crippen molar-refractivity contribution in [2.75, 3.05) is 0 Å². The van der Waals surface area contributed by atoms with Crippen molar-refractivity contribution in [1.29, 1.82) is 0 Å². The monoisotopic (exact) mass is 250 g/mol. The van der Waals surface area contributed by atoms with Crippen LogP contribution in [0.15, 0.2) is 24.3 Å². The van der Waals surface area contributed by atoms with Gasteiger partial charge < -0.3 is 0 Å². The van der Waals surface area contributed by atoms with Crippen LogP contribution in [-0.4, -0.2) is 11.8 Å². The standard InChI is InChI=1S/C8H5NO2.Rh/c10-7-5-3-1-2-4-6(5)8(11)9-7;/h1-4H,(H,9,10,11);. The molecule has 1 aromatic carbocycles. The molecule has 0 spiro atoms. The number of hydrogen-bond donors (Lipinski definition) is 1. The number of carbonyl (C=O) groups is 2. The van der Waals surface area contributed by atoms with E-state index in [2.05, 4.69) is 5.32 Å². The minimum atomic E-state index is -0.300. The maximum absolute atomic E-state index is 10.9. The summed E-state index contributed by atoms with van der Waals surface area (Å²) in [4.78, 5) is 21.9. The predicted molar refractivity (Wildman–Crippen MR) is 38.2 cm³/mol. The van der Waals surface area contributed by atoms with Gasteiger partial charge in [0.2, 0.25) is 0 Å². The van der Waals surface area contributed by atoms with Gasteiger partial charge in [-0.2, -0.15) is 0 Å². The molecule has 12 heavy (non-hydrogen) atoms. The Labute approximate surface area is 81.9 Å². The number of rotatable bonds is 0. The Bertz CT molecular complexity index is 316. The van der Waals surface area contributed by atoms with Crippen LogP contribution in [0.5, 0.6) is 0 Å². The second-order valence-corrected chi connectivity index (χ2v) is 2.33. The summed E-state index contributed by atoms with van der Waals surface area (Å²) in [6.45, 7) is 0. The molecule has 0 fully saturated rings. The van der Waals surface area contributed by atoms with E-state index in [4.69, 9.17) is 0 Å². The third-order valence-electron chi connectivity index (χ3n) is 1.64. The van der Waals surface area contributed by atoms with Crippen molar-refractivity contribution in [2.45, 2.75) is 0 Å². The SMILES string of the molecule is O=C1NC(=O)c2ccccc21.[Rh]. The van der Waals surface area contributed by atoms with Gasteiger partial charge in [0.05, 0.1) is 11.1 Å². The summed E-state index contributed by atoms with van der Waals surface area (Å²) in [7, 11) is 0. The molecule has 0 bridgehead atoms. The minimum Gasteiger partial charge on any atom is -0.288 e. The van der Waals surface area contributed by atoms with Gasteiger partial charge in [-0.15, -0.1) is 0 Å². The van der Waals surface area contributed by atoms with Gasteiger partial charge in [0.25, 0.3) is 11.8 Å². The Morgan fingerprint density at radius 1 is 0.917 bits per heavy atom. The van der Waals surface area contributed by atoms with Gasteiger partial charge >= 0.3 is 0 Å². The molecule has 63 valence electrons. The van der Waals surface area contributed by atoms with E-state index in [9.17, 15) is 9.59 Å². The Morgan fingerprint density at radius 2 is 1.33 bits per heavy atom. The molecule has 2 rings (SSSR count). The van der Waals surface area contributed by atoms with Crippen LogP contribution in [0, 0.1) is 0 Å². The molecule has 4 heteroatoms. The van der Waals surface area contributed by atoms with Crippen molar-refractivity contribution in [1.82, 2.24) is 5.32 Å². The Morgan fingerprint density at radius 3 is 1.75 bits per heavy atom. The predicted octanol–water partition coefficient (Wildman–Crippen LogP) is 0.568. The number of hydrogen-bond acceptors (Lipinski definition) is 2. The van der Waals surface area contributed by atoms with E-state index in [1.807, 2.05) is 0 Å². The van der Waals surface area contributed by atoms with Gasteiger partial charge in [-0.05, 0) is 12.1 Å². The Kier molecular flexibility index (Phi) is 2.38. The van der Waals surface area contributed by atoms with Crippen molar-refractivity contribution in [2.24, 2.45) is 0 Å².